The average Bonchev–Trinajstić information content (AvgIpc) is 3.21. The van der Waals surface area contributed by atoms with E-state index in [1.165, 1.54) is 30.0 Å². The lowest BCUT2D eigenvalue weighted by Crippen LogP contribution is -2.34. The minimum atomic E-state index is -0.449. The van der Waals surface area contributed by atoms with Gasteiger partial charge in [0.1, 0.15) is 0 Å². The first-order valence-corrected chi connectivity index (χ1v) is 13.7. The van der Waals surface area contributed by atoms with Crippen molar-refractivity contribution in [3.8, 4) is 0 Å². The highest BCUT2D eigenvalue weighted by atomic mass is 35.5. The zero-order valence-corrected chi connectivity index (χ0v) is 24.0. The van der Waals surface area contributed by atoms with Crippen LogP contribution in [0.2, 0.25) is 25.1 Å². The zero-order valence-electron chi connectivity index (χ0n) is 19.4. The fourth-order valence-corrected chi connectivity index (χ4v) is 5.19. The topological polar surface area (TPSA) is 88.9 Å². The van der Waals surface area contributed by atoms with Gasteiger partial charge in [-0.25, -0.2) is 0 Å². The number of nitrogens with zero attached hydrogens (tertiary/aromatic N) is 3. The third-order valence-electron chi connectivity index (χ3n) is 5.09. The van der Waals surface area contributed by atoms with Crippen molar-refractivity contribution in [2.75, 3.05) is 11.1 Å². The number of thioether (sulfide) groups is 1. The maximum atomic E-state index is 12.9. The number of benzene rings is 2. The van der Waals surface area contributed by atoms with Gasteiger partial charge < -0.3 is 15.2 Å². The number of rotatable bonds is 9. The lowest BCUT2D eigenvalue weighted by atomic mass is 10.0. The predicted molar refractivity (Wildman–Crippen MR) is 148 cm³/mol. The van der Waals surface area contributed by atoms with E-state index in [0.717, 1.165) is 0 Å². The highest BCUT2D eigenvalue weighted by molar-refractivity contribution is 7.99. The van der Waals surface area contributed by atoms with Crippen LogP contribution in [0.25, 0.3) is 0 Å². The van der Waals surface area contributed by atoms with E-state index in [1.54, 1.807) is 12.1 Å². The van der Waals surface area contributed by atoms with Gasteiger partial charge >= 0.3 is 0 Å². The van der Waals surface area contributed by atoms with Crippen molar-refractivity contribution in [3.63, 3.8) is 0 Å². The van der Waals surface area contributed by atoms with Crippen LogP contribution in [-0.4, -0.2) is 32.3 Å². The third kappa shape index (κ3) is 7.00. The Bertz CT molecular complexity index is 1280. The fraction of sp³-hybridized carbons (Fsp3) is 0.304. The van der Waals surface area contributed by atoms with Gasteiger partial charge in [0.15, 0.2) is 11.0 Å². The Morgan fingerprint density at radius 3 is 2.31 bits per heavy atom. The first-order valence-electron chi connectivity index (χ1n) is 10.8. The molecule has 3 rings (SSSR count). The van der Waals surface area contributed by atoms with Crippen molar-refractivity contribution in [1.82, 2.24) is 20.1 Å². The van der Waals surface area contributed by atoms with Crippen molar-refractivity contribution in [1.29, 1.82) is 0 Å². The molecule has 0 spiro atoms. The molecule has 0 saturated carbocycles. The molecule has 0 aliphatic carbocycles. The van der Waals surface area contributed by atoms with Crippen LogP contribution >= 0.6 is 69.8 Å². The first-order chi connectivity index (χ1) is 17.0. The van der Waals surface area contributed by atoms with E-state index in [4.69, 9.17) is 58.0 Å². The van der Waals surface area contributed by atoms with E-state index in [0.29, 0.717) is 38.8 Å². The Labute approximate surface area is 238 Å². The number of hydrogen-bond donors (Lipinski definition) is 2. The van der Waals surface area contributed by atoms with E-state index >= 15 is 0 Å². The van der Waals surface area contributed by atoms with E-state index in [9.17, 15) is 9.59 Å². The van der Waals surface area contributed by atoms with Gasteiger partial charge in [0.05, 0.1) is 43.1 Å². The molecule has 2 N–H and O–H groups in total. The Morgan fingerprint density at radius 2 is 1.67 bits per heavy atom. The van der Waals surface area contributed by atoms with Gasteiger partial charge in [-0.3, -0.25) is 9.59 Å². The molecule has 0 fully saturated rings. The number of carbonyl (C=O) groups is 2. The molecule has 3 aromatic rings. The van der Waals surface area contributed by atoms with Crippen molar-refractivity contribution in [2.24, 2.45) is 5.92 Å². The molecule has 1 aromatic heterocycles. The van der Waals surface area contributed by atoms with Gasteiger partial charge in [0.25, 0.3) is 5.91 Å². The molecule has 2 aromatic carbocycles. The van der Waals surface area contributed by atoms with Crippen LogP contribution in [0.4, 0.5) is 5.69 Å². The molecular weight excluding hydrogens is 588 g/mol. The van der Waals surface area contributed by atoms with Crippen LogP contribution in [0, 0.1) is 5.92 Å². The Balaban J connectivity index is 1.74. The number of aromatic nitrogens is 3. The molecule has 13 heteroatoms. The fourth-order valence-electron chi connectivity index (χ4n) is 3.29. The van der Waals surface area contributed by atoms with Gasteiger partial charge in [0.2, 0.25) is 5.91 Å². The minimum Gasteiger partial charge on any atom is -0.342 e. The molecular formula is C23H22Cl5N5O2S. The van der Waals surface area contributed by atoms with Gasteiger partial charge in [-0.05, 0) is 43.2 Å². The van der Waals surface area contributed by atoms with Crippen molar-refractivity contribution in [2.45, 2.75) is 38.5 Å². The smallest absolute Gasteiger partial charge is 0.253 e. The number of halogens is 5. The maximum absolute atomic E-state index is 12.9. The van der Waals surface area contributed by atoms with Crippen LogP contribution in [0.15, 0.2) is 35.5 Å². The SMILES string of the molecule is CCn1c(SCC(=O)Nc2cc(Cl)c(Cl)cc2Cl)nnc1[C@H](NC(=O)c1ccc(Cl)cc1Cl)C(C)C. The molecule has 1 atom stereocenters. The maximum Gasteiger partial charge on any atom is 0.253 e. The zero-order chi connectivity index (χ0) is 26.6. The monoisotopic (exact) mass is 607 g/mol. The molecule has 0 saturated heterocycles. The Kier molecular flexibility index (Phi) is 10.2. The molecule has 192 valence electrons. The number of anilines is 1. The Morgan fingerprint density at radius 1 is 0.972 bits per heavy atom. The van der Waals surface area contributed by atoms with E-state index in [1.807, 2.05) is 25.3 Å². The lowest BCUT2D eigenvalue weighted by Gasteiger charge is -2.22. The largest absolute Gasteiger partial charge is 0.342 e. The van der Waals surface area contributed by atoms with Crippen LogP contribution in [0.3, 0.4) is 0 Å². The quantitative estimate of drug-likeness (QED) is 0.195. The number of amides is 2. The number of hydrogen-bond acceptors (Lipinski definition) is 5. The van der Waals surface area contributed by atoms with Crippen molar-refractivity contribution < 1.29 is 9.59 Å². The summed E-state index contributed by atoms with van der Waals surface area (Å²) in [6.07, 6.45) is 0. The highest BCUT2D eigenvalue weighted by Gasteiger charge is 2.27. The average molecular weight is 610 g/mol. The normalized spacial score (nSPS) is 12.0. The predicted octanol–water partition coefficient (Wildman–Crippen LogP) is 7.42. The summed E-state index contributed by atoms with van der Waals surface area (Å²) in [7, 11) is 0. The second-order valence-electron chi connectivity index (χ2n) is 7.99. The molecule has 0 unspecified atom stereocenters. The molecule has 0 aliphatic heterocycles. The second kappa shape index (κ2) is 12.7. The summed E-state index contributed by atoms with van der Waals surface area (Å²) in [5.41, 5.74) is 0.666. The standard InChI is InChI=1S/C23H22Cl5N5O2S/c1-4-33-21(20(11(2)3)30-22(35)13-6-5-12(24)7-14(13)25)31-32-23(33)36-10-19(34)29-18-9-16(27)15(26)8-17(18)28/h5-9,11,20H,4,10H2,1-3H3,(H,29,34)(H,30,35)/t20-/m1/s1. The van der Waals surface area contributed by atoms with E-state index < -0.39 is 6.04 Å². The van der Waals surface area contributed by atoms with Crippen LogP contribution < -0.4 is 10.6 Å². The molecule has 0 radical (unpaired) electrons. The summed E-state index contributed by atoms with van der Waals surface area (Å²) in [5, 5.41) is 16.4. The van der Waals surface area contributed by atoms with Crippen molar-refractivity contribution >= 4 is 87.3 Å². The van der Waals surface area contributed by atoms with Gasteiger partial charge in [0, 0.05) is 11.6 Å². The summed E-state index contributed by atoms with van der Waals surface area (Å²) >= 11 is 31.5. The van der Waals surface area contributed by atoms with Crippen molar-refractivity contribution in [3.05, 3.63) is 66.8 Å². The van der Waals surface area contributed by atoms with Crippen LogP contribution in [-0.2, 0) is 11.3 Å². The molecule has 0 aliphatic rings. The summed E-state index contributed by atoms with van der Waals surface area (Å²) < 4.78 is 1.86. The summed E-state index contributed by atoms with van der Waals surface area (Å²) in [4.78, 5) is 25.5. The van der Waals surface area contributed by atoms with Gasteiger partial charge in [-0.15, -0.1) is 10.2 Å². The van der Waals surface area contributed by atoms with Crippen LogP contribution in [0.1, 0.15) is 43.0 Å². The third-order valence-corrected chi connectivity index (χ3v) is 7.63. The first kappa shape index (κ1) is 28.9. The summed E-state index contributed by atoms with van der Waals surface area (Å²) in [5.74, 6) is -0.0473. The molecule has 2 amide bonds. The van der Waals surface area contributed by atoms with Crippen LogP contribution in [0.5, 0.6) is 0 Å². The summed E-state index contributed by atoms with van der Waals surface area (Å²) in [6, 6.07) is 7.20. The molecule has 0 bridgehead atoms. The van der Waals surface area contributed by atoms with E-state index in [2.05, 4.69) is 20.8 Å². The van der Waals surface area contributed by atoms with Gasteiger partial charge in [-0.1, -0.05) is 83.6 Å². The lowest BCUT2D eigenvalue weighted by molar-refractivity contribution is -0.113. The summed E-state index contributed by atoms with van der Waals surface area (Å²) in [6.45, 7) is 6.39. The molecule has 1 heterocycles. The minimum absolute atomic E-state index is 0.00697. The number of nitrogens with one attached hydrogen (secondary N) is 2. The van der Waals surface area contributed by atoms with Gasteiger partial charge in [-0.2, -0.15) is 0 Å². The van der Waals surface area contributed by atoms with E-state index in [-0.39, 0.29) is 38.6 Å². The molecule has 7 nitrogen and oxygen atoms in total. The highest BCUT2D eigenvalue weighted by Crippen LogP contribution is 2.33. The number of carbonyl (C=O) groups excluding carboxylic acids is 2. The second-order valence-corrected chi connectivity index (χ2v) is 11.0. The Hall–Kier alpha value is -1.68. The molecule has 36 heavy (non-hydrogen) atoms.